The molecule has 0 fully saturated rings. The van der Waals surface area contributed by atoms with Gasteiger partial charge in [-0.05, 0) is 18.2 Å². The standard InChI is InChI=1S/C14H15N3O2/c1-2-9-15-14(18)13-8-10-17(16-13)11-19-12-6-4-3-5-7-12/h2-8,10H,1,9,11H2,(H,15,18). The first kappa shape index (κ1) is 12.9. The van der Waals surface area contributed by atoms with Crippen LogP contribution in [-0.2, 0) is 6.73 Å². The number of benzene rings is 1. The number of para-hydroxylation sites is 1. The fourth-order valence-electron chi connectivity index (χ4n) is 1.47. The largest absolute Gasteiger partial charge is 0.471 e. The lowest BCUT2D eigenvalue weighted by Gasteiger charge is -2.05. The first-order valence-corrected chi connectivity index (χ1v) is 5.90. The van der Waals surface area contributed by atoms with Gasteiger partial charge in [0.1, 0.15) is 11.4 Å². The molecule has 5 nitrogen and oxygen atoms in total. The Morgan fingerprint density at radius 1 is 1.37 bits per heavy atom. The van der Waals surface area contributed by atoms with E-state index in [-0.39, 0.29) is 12.6 Å². The Hall–Kier alpha value is -2.56. The first-order valence-electron chi connectivity index (χ1n) is 5.90. The quantitative estimate of drug-likeness (QED) is 0.803. The van der Waals surface area contributed by atoms with Crippen molar-refractivity contribution in [2.24, 2.45) is 0 Å². The van der Waals surface area contributed by atoms with Gasteiger partial charge in [-0.25, -0.2) is 4.68 Å². The average Bonchev–Trinajstić information content (AvgIpc) is 2.92. The Morgan fingerprint density at radius 3 is 2.89 bits per heavy atom. The van der Waals surface area contributed by atoms with Gasteiger partial charge in [0.05, 0.1) is 0 Å². The average molecular weight is 257 g/mol. The second-order valence-corrected chi connectivity index (χ2v) is 3.83. The van der Waals surface area contributed by atoms with Crippen molar-refractivity contribution in [3.05, 3.63) is 60.9 Å². The summed E-state index contributed by atoms with van der Waals surface area (Å²) >= 11 is 0. The third kappa shape index (κ3) is 3.70. The van der Waals surface area contributed by atoms with Gasteiger partial charge in [0.2, 0.25) is 0 Å². The molecule has 0 atom stereocenters. The Bertz CT molecular complexity index is 549. The zero-order chi connectivity index (χ0) is 13.5. The van der Waals surface area contributed by atoms with Crippen LogP contribution in [0.5, 0.6) is 5.75 Å². The zero-order valence-electron chi connectivity index (χ0n) is 10.5. The first-order chi connectivity index (χ1) is 9.29. The van der Waals surface area contributed by atoms with Crippen molar-refractivity contribution < 1.29 is 9.53 Å². The number of hydrogen-bond donors (Lipinski definition) is 1. The SMILES string of the molecule is C=CCNC(=O)c1ccn(COc2ccccc2)n1. The van der Waals surface area contributed by atoms with Crippen LogP contribution in [0.25, 0.3) is 0 Å². The summed E-state index contributed by atoms with van der Waals surface area (Å²) in [7, 11) is 0. The second kappa shape index (κ2) is 6.39. The lowest BCUT2D eigenvalue weighted by molar-refractivity contribution is 0.0951. The van der Waals surface area contributed by atoms with E-state index in [4.69, 9.17) is 4.74 Å². The molecule has 0 spiro atoms. The van der Waals surface area contributed by atoms with E-state index in [1.165, 1.54) is 0 Å². The fourth-order valence-corrected chi connectivity index (χ4v) is 1.47. The molecular weight excluding hydrogens is 242 g/mol. The molecule has 5 heteroatoms. The number of carbonyl (C=O) groups excluding carboxylic acids is 1. The second-order valence-electron chi connectivity index (χ2n) is 3.83. The maximum Gasteiger partial charge on any atom is 0.272 e. The van der Waals surface area contributed by atoms with Crippen LogP contribution in [0.3, 0.4) is 0 Å². The molecule has 1 aromatic carbocycles. The van der Waals surface area contributed by atoms with E-state index in [9.17, 15) is 4.79 Å². The molecule has 0 aliphatic heterocycles. The Morgan fingerprint density at radius 2 is 2.16 bits per heavy atom. The lowest BCUT2D eigenvalue weighted by Crippen LogP contribution is -2.24. The molecule has 0 aliphatic rings. The van der Waals surface area contributed by atoms with Crippen molar-refractivity contribution in [2.75, 3.05) is 6.54 Å². The smallest absolute Gasteiger partial charge is 0.272 e. The number of nitrogens with zero attached hydrogens (tertiary/aromatic N) is 2. The minimum absolute atomic E-state index is 0.224. The molecular formula is C14H15N3O2. The lowest BCUT2D eigenvalue weighted by atomic mass is 10.3. The molecule has 0 radical (unpaired) electrons. The van der Waals surface area contributed by atoms with E-state index in [1.54, 1.807) is 23.0 Å². The van der Waals surface area contributed by atoms with Gasteiger partial charge in [-0.3, -0.25) is 4.79 Å². The highest BCUT2D eigenvalue weighted by Crippen LogP contribution is 2.08. The molecule has 1 N–H and O–H groups in total. The van der Waals surface area contributed by atoms with Gasteiger partial charge in [-0.15, -0.1) is 6.58 Å². The maximum absolute atomic E-state index is 11.6. The van der Waals surface area contributed by atoms with Crippen molar-refractivity contribution in [1.29, 1.82) is 0 Å². The van der Waals surface area contributed by atoms with Gasteiger partial charge in [0.15, 0.2) is 6.73 Å². The molecule has 0 aliphatic carbocycles. The van der Waals surface area contributed by atoms with E-state index < -0.39 is 0 Å². The Balaban J connectivity index is 1.90. The van der Waals surface area contributed by atoms with Crippen molar-refractivity contribution in [2.45, 2.75) is 6.73 Å². The number of ether oxygens (including phenoxy) is 1. The van der Waals surface area contributed by atoms with Crippen molar-refractivity contribution in [1.82, 2.24) is 15.1 Å². The summed E-state index contributed by atoms with van der Waals surface area (Å²) in [4.78, 5) is 11.6. The summed E-state index contributed by atoms with van der Waals surface area (Å²) in [5.41, 5.74) is 0.360. The van der Waals surface area contributed by atoms with Crippen LogP contribution in [0.4, 0.5) is 0 Å². The van der Waals surface area contributed by atoms with Gasteiger partial charge in [0.25, 0.3) is 5.91 Å². The van der Waals surface area contributed by atoms with Crippen LogP contribution in [0.15, 0.2) is 55.3 Å². The van der Waals surface area contributed by atoms with Crippen LogP contribution < -0.4 is 10.1 Å². The van der Waals surface area contributed by atoms with E-state index in [0.29, 0.717) is 12.2 Å². The Kier molecular flexibility index (Phi) is 4.34. The Labute approximate surface area is 111 Å². The third-order valence-corrected chi connectivity index (χ3v) is 2.39. The molecule has 0 saturated heterocycles. The molecule has 1 heterocycles. The van der Waals surface area contributed by atoms with Gasteiger partial charge >= 0.3 is 0 Å². The van der Waals surface area contributed by atoms with Crippen LogP contribution >= 0.6 is 0 Å². The normalized spacial score (nSPS) is 9.89. The number of nitrogens with one attached hydrogen (secondary N) is 1. The summed E-state index contributed by atoms with van der Waals surface area (Å²) < 4.78 is 7.08. The predicted octanol–water partition coefficient (Wildman–Crippen LogP) is 1.84. The van der Waals surface area contributed by atoms with Crippen LogP contribution in [0.2, 0.25) is 0 Å². The number of aromatic nitrogens is 2. The highest BCUT2D eigenvalue weighted by molar-refractivity contribution is 5.92. The summed E-state index contributed by atoms with van der Waals surface area (Å²) in [5, 5.41) is 6.79. The maximum atomic E-state index is 11.6. The molecule has 19 heavy (non-hydrogen) atoms. The monoisotopic (exact) mass is 257 g/mol. The molecule has 98 valence electrons. The van der Waals surface area contributed by atoms with Crippen molar-refractivity contribution >= 4 is 5.91 Å². The van der Waals surface area contributed by atoms with Gasteiger partial charge in [0, 0.05) is 12.7 Å². The third-order valence-electron chi connectivity index (χ3n) is 2.39. The number of hydrogen-bond acceptors (Lipinski definition) is 3. The minimum Gasteiger partial charge on any atom is -0.471 e. The van der Waals surface area contributed by atoms with E-state index in [1.807, 2.05) is 30.3 Å². The van der Waals surface area contributed by atoms with E-state index in [0.717, 1.165) is 5.75 Å². The molecule has 2 rings (SSSR count). The summed E-state index contributed by atoms with van der Waals surface area (Å²) in [6.07, 6.45) is 3.32. The van der Waals surface area contributed by atoms with E-state index in [2.05, 4.69) is 17.0 Å². The van der Waals surface area contributed by atoms with Gasteiger partial charge < -0.3 is 10.1 Å². The molecule has 1 aromatic heterocycles. The molecule has 0 saturated carbocycles. The van der Waals surface area contributed by atoms with Crippen molar-refractivity contribution in [3.8, 4) is 5.75 Å². The number of amides is 1. The molecule has 0 unspecified atom stereocenters. The number of carbonyl (C=O) groups is 1. The highest BCUT2D eigenvalue weighted by Gasteiger charge is 2.07. The number of rotatable bonds is 6. The van der Waals surface area contributed by atoms with Gasteiger partial charge in [-0.1, -0.05) is 24.3 Å². The topological polar surface area (TPSA) is 56.2 Å². The highest BCUT2D eigenvalue weighted by atomic mass is 16.5. The summed E-state index contributed by atoms with van der Waals surface area (Å²) in [5.74, 6) is 0.536. The molecule has 0 bridgehead atoms. The van der Waals surface area contributed by atoms with E-state index >= 15 is 0 Å². The minimum atomic E-state index is -0.224. The molecule has 1 amide bonds. The molecule has 2 aromatic rings. The summed E-state index contributed by atoms with van der Waals surface area (Å²) in [6.45, 7) is 4.22. The van der Waals surface area contributed by atoms with Crippen LogP contribution in [0, 0.1) is 0 Å². The predicted molar refractivity (Wildman–Crippen MR) is 71.8 cm³/mol. The van der Waals surface area contributed by atoms with Crippen LogP contribution in [-0.4, -0.2) is 22.2 Å². The van der Waals surface area contributed by atoms with Crippen molar-refractivity contribution in [3.63, 3.8) is 0 Å². The fraction of sp³-hybridized carbons (Fsp3) is 0.143. The zero-order valence-corrected chi connectivity index (χ0v) is 10.5. The van der Waals surface area contributed by atoms with Crippen LogP contribution in [0.1, 0.15) is 10.5 Å². The van der Waals surface area contributed by atoms with Gasteiger partial charge in [-0.2, -0.15) is 5.10 Å². The summed E-state index contributed by atoms with van der Waals surface area (Å²) in [6, 6.07) is 11.1.